The molecule has 1 aromatic heterocycles. The van der Waals surface area contributed by atoms with Crippen molar-refractivity contribution < 1.29 is 0 Å². The van der Waals surface area contributed by atoms with Crippen molar-refractivity contribution in [3.8, 4) is 16.9 Å². The van der Waals surface area contributed by atoms with Crippen LogP contribution in [-0.4, -0.2) is 40.9 Å². The molecule has 0 saturated carbocycles. The van der Waals surface area contributed by atoms with Crippen LogP contribution in [0.5, 0.6) is 0 Å². The lowest BCUT2D eigenvalue weighted by molar-refractivity contribution is 0.234. The molecule has 4 nitrogen and oxygen atoms in total. The van der Waals surface area contributed by atoms with E-state index in [9.17, 15) is 0 Å². The minimum Gasteiger partial charge on any atom is -0.310 e. The molecule has 152 valence electrons. The maximum absolute atomic E-state index is 5.01. The lowest BCUT2D eigenvalue weighted by Crippen LogP contribution is -2.40. The van der Waals surface area contributed by atoms with Crippen molar-refractivity contribution in [2.45, 2.75) is 45.7 Å². The van der Waals surface area contributed by atoms with Crippen LogP contribution in [-0.2, 0) is 13.0 Å². The van der Waals surface area contributed by atoms with Crippen LogP contribution < -0.4 is 5.32 Å². The Morgan fingerprint density at radius 1 is 1.03 bits per heavy atom. The van der Waals surface area contributed by atoms with E-state index >= 15 is 0 Å². The molecule has 29 heavy (non-hydrogen) atoms. The molecule has 0 atom stereocenters. The number of piperidine rings is 1. The van der Waals surface area contributed by atoms with Gasteiger partial charge in [-0.25, -0.2) is 4.68 Å². The number of benzene rings is 2. The lowest BCUT2D eigenvalue weighted by atomic mass is 10.0. The minimum absolute atomic E-state index is 0.586. The number of hydrogen-bond donors (Lipinski definition) is 1. The Labute approximate surface area is 174 Å². The first-order chi connectivity index (χ1) is 14.1. The van der Waals surface area contributed by atoms with Gasteiger partial charge in [-0.2, -0.15) is 5.10 Å². The number of para-hydroxylation sites is 1. The number of nitrogens with zero attached hydrogens (tertiary/aromatic N) is 3. The molecule has 4 rings (SSSR count). The standard InChI is InChI=1S/C25H32N4/c1-4-20-9-11-21(12-10-20)25-22(17-26-23-13-15-28(3)16-14-23)18-29(27-25)24-8-6-5-7-19(24)2/h5-12,18,23,26H,4,13-17H2,1-3H3. The summed E-state index contributed by atoms with van der Waals surface area (Å²) in [5.41, 5.74) is 7.27. The molecule has 0 aliphatic carbocycles. The van der Waals surface area contributed by atoms with Gasteiger partial charge >= 0.3 is 0 Å². The quantitative estimate of drug-likeness (QED) is 0.670. The van der Waals surface area contributed by atoms with E-state index in [1.807, 2.05) is 4.68 Å². The first kappa shape index (κ1) is 19.9. The zero-order chi connectivity index (χ0) is 20.2. The van der Waals surface area contributed by atoms with Gasteiger partial charge in [0.2, 0.25) is 0 Å². The zero-order valence-electron chi connectivity index (χ0n) is 17.9. The second-order valence-corrected chi connectivity index (χ2v) is 8.24. The predicted octanol–water partition coefficient (Wildman–Crippen LogP) is 4.59. The highest BCUT2D eigenvalue weighted by Crippen LogP contribution is 2.26. The molecule has 2 aromatic carbocycles. The Morgan fingerprint density at radius 2 is 1.76 bits per heavy atom. The van der Waals surface area contributed by atoms with Gasteiger partial charge < -0.3 is 10.2 Å². The smallest absolute Gasteiger partial charge is 0.0972 e. The average Bonchev–Trinajstić information content (AvgIpc) is 3.18. The van der Waals surface area contributed by atoms with E-state index < -0.39 is 0 Å². The first-order valence-corrected chi connectivity index (χ1v) is 10.8. The second kappa shape index (κ2) is 8.93. The van der Waals surface area contributed by atoms with Crippen molar-refractivity contribution in [3.63, 3.8) is 0 Å². The average molecular weight is 389 g/mol. The summed E-state index contributed by atoms with van der Waals surface area (Å²) in [5.74, 6) is 0. The fourth-order valence-corrected chi connectivity index (χ4v) is 4.09. The van der Waals surface area contributed by atoms with Crippen LogP contribution in [0.2, 0.25) is 0 Å². The van der Waals surface area contributed by atoms with Gasteiger partial charge in [0.25, 0.3) is 0 Å². The van der Waals surface area contributed by atoms with Crippen molar-refractivity contribution in [3.05, 3.63) is 71.4 Å². The summed E-state index contributed by atoms with van der Waals surface area (Å²) >= 11 is 0. The van der Waals surface area contributed by atoms with Gasteiger partial charge in [-0.15, -0.1) is 0 Å². The molecule has 0 unspecified atom stereocenters. The normalized spacial score (nSPS) is 15.7. The van der Waals surface area contributed by atoms with Gasteiger partial charge in [-0.3, -0.25) is 0 Å². The molecular formula is C25H32N4. The molecular weight excluding hydrogens is 356 g/mol. The number of rotatable bonds is 6. The van der Waals surface area contributed by atoms with Crippen molar-refractivity contribution >= 4 is 0 Å². The van der Waals surface area contributed by atoms with Gasteiger partial charge in [0.1, 0.15) is 0 Å². The summed E-state index contributed by atoms with van der Waals surface area (Å²) in [7, 11) is 2.21. The molecule has 2 heterocycles. The van der Waals surface area contributed by atoms with Crippen LogP contribution in [0.4, 0.5) is 0 Å². The molecule has 0 amide bonds. The molecule has 0 spiro atoms. The third-order valence-corrected chi connectivity index (χ3v) is 6.09. The summed E-state index contributed by atoms with van der Waals surface area (Å²) in [4.78, 5) is 2.41. The van der Waals surface area contributed by atoms with Crippen LogP contribution in [0.1, 0.15) is 36.5 Å². The van der Waals surface area contributed by atoms with Gasteiger partial charge in [0.05, 0.1) is 11.4 Å². The summed E-state index contributed by atoms with van der Waals surface area (Å²) in [6.45, 7) is 7.53. The van der Waals surface area contributed by atoms with Gasteiger partial charge in [-0.05, 0) is 63.5 Å². The third-order valence-electron chi connectivity index (χ3n) is 6.09. The van der Waals surface area contributed by atoms with E-state index in [4.69, 9.17) is 5.10 Å². The molecule has 1 saturated heterocycles. The van der Waals surface area contributed by atoms with Crippen molar-refractivity contribution in [1.29, 1.82) is 0 Å². The predicted molar refractivity (Wildman–Crippen MR) is 120 cm³/mol. The van der Waals surface area contributed by atoms with E-state index in [-0.39, 0.29) is 0 Å². The number of aryl methyl sites for hydroxylation is 2. The number of likely N-dealkylation sites (tertiary alicyclic amines) is 1. The fourth-order valence-electron chi connectivity index (χ4n) is 4.09. The molecule has 4 heteroatoms. The maximum atomic E-state index is 5.01. The Morgan fingerprint density at radius 3 is 2.45 bits per heavy atom. The van der Waals surface area contributed by atoms with Gasteiger partial charge in [-0.1, -0.05) is 49.4 Å². The Bertz CT molecular complexity index is 934. The fraction of sp³-hybridized carbons (Fsp3) is 0.400. The molecule has 1 fully saturated rings. The maximum Gasteiger partial charge on any atom is 0.0972 e. The van der Waals surface area contributed by atoms with E-state index in [1.54, 1.807) is 0 Å². The number of aromatic nitrogens is 2. The highest BCUT2D eigenvalue weighted by Gasteiger charge is 2.18. The van der Waals surface area contributed by atoms with Crippen molar-refractivity contribution in [1.82, 2.24) is 20.0 Å². The molecule has 1 aliphatic rings. The van der Waals surface area contributed by atoms with E-state index in [1.165, 1.54) is 48.2 Å². The van der Waals surface area contributed by atoms with Crippen molar-refractivity contribution in [2.75, 3.05) is 20.1 Å². The Kier molecular flexibility index (Phi) is 6.12. The zero-order valence-corrected chi connectivity index (χ0v) is 17.9. The summed E-state index contributed by atoms with van der Waals surface area (Å²) in [6.07, 6.45) is 5.68. The topological polar surface area (TPSA) is 33.1 Å². The lowest BCUT2D eigenvalue weighted by Gasteiger charge is -2.29. The van der Waals surface area contributed by atoms with Crippen LogP contribution in [0.3, 0.4) is 0 Å². The van der Waals surface area contributed by atoms with Gasteiger partial charge in [0.15, 0.2) is 0 Å². The van der Waals surface area contributed by atoms with E-state index in [0.29, 0.717) is 6.04 Å². The van der Waals surface area contributed by atoms with Crippen LogP contribution in [0.15, 0.2) is 54.7 Å². The van der Waals surface area contributed by atoms with E-state index in [2.05, 4.69) is 85.8 Å². The first-order valence-electron chi connectivity index (χ1n) is 10.8. The van der Waals surface area contributed by atoms with Crippen LogP contribution >= 0.6 is 0 Å². The molecule has 3 aromatic rings. The Balaban J connectivity index is 1.63. The largest absolute Gasteiger partial charge is 0.310 e. The van der Waals surface area contributed by atoms with Crippen LogP contribution in [0.25, 0.3) is 16.9 Å². The molecule has 1 N–H and O–H groups in total. The minimum atomic E-state index is 0.586. The summed E-state index contributed by atoms with van der Waals surface area (Å²) in [5, 5.41) is 8.80. The van der Waals surface area contributed by atoms with Crippen molar-refractivity contribution in [2.24, 2.45) is 0 Å². The highest BCUT2D eigenvalue weighted by atomic mass is 15.3. The molecule has 0 radical (unpaired) electrons. The number of nitrogens with one attached hydrogen (secondary N) is 1. The van der Waals surface area contributed by atoms with Crippen LogP contribution in [0, 0.1) is 6.92 Å². The highest BCUT2D eigenvalue weighted by molar-refractivity contribution is 5.64. The SMILES string of the molecule is CCc1ccc(-c2nn(-c3ccccc3C)cc2CNC2CCN(C)CC2)cc1. The molecule has 1 aliphatic heterocycles. The van der Waals surface area contributed by atoms with Gasteiger partial charge in [0, 0.05) is 29.9 Å². The third kappa shape index (κ3) is 4.60. The summed E-state index contributed by atoms with van der Waals surface area (Å²) in [6, 6.07) is 17.9. The molecule has 0 bridgehead atoms. The second-order valence-electron chi connectivity index (χ2n) is 8.24. The summed E-state index contributed by atoms with van der Waals surface area (Å²) < 4.78 is 2.05. The van der Waals surface area contributed by atoms with E-state index in [0.717, 1.165) is 24.3 Å². The number of hydrogen-bond acceptors (Lipinski definition) is 3. The monoisotopic (exact) mass is 388 g/mol. The Hall–Kier alpha value is -2.43.